The first kappa shape index (κ1) is 20.3. The fraction of sp³-hybridized carbons (Fsp3) is 0.250. The van der Waals surface area contributed by atoms with E-state index in [1.807, 2.05) is 6.20 Å². The standard InChI is InChI=1S/C20H18F3N3O3S/c21-20(22,23)29-14-8-10-15(11-9-14)30(27,28)25-17-6-2-1-5-16(17)18-13-26-12-4-3-7-19(26)24-18/h1-2,5-6,8-11,13,25H,3-4,7,12H2. The van der Waals surface area contributed by atoms with Gasteiger partial charge in [-0.15, -0.1) is 13.2 Å². The van der Waals surface area contributed by atoms with Gasteiger partial charge >= 0.3 is 6.36 Å². The Balaban J connectivity index is 1.60. The van der Waals surface area contributed by atoms with Crippen LogP contribution in [0.5, 0.6) is 5.75 Å². The number of anilines is 1. The normalized spacial score (nSPS) is 14.2. The number of halogens is 3. The van der Waals surface area contributed by atoms with Crippen molar-refractivity contribution in [2.24, 2.45) is 0 Å². The predicted octanol–water partition coefficient (Wildman–Crippen LogP) is 4.59. The topological polar surface area (TPSA) is 73.2 Å². The zero-order valence-electron chi connectivity index (χ0n) is 15.7. The van der Waals surface area contributed by atoms with Gasteiger partial charge in [-0.3, -0.25) is 4.72 Å². The first-order valence-corrected chi connectivity index (χ1v) is 10.7. The number of fused-ring (bicyclic) bond motifs is 1. The minimum absolute atomic E-state index is 0.184. The van der Waals surface area contributed by atoms with Crippen molar-refractivity contribution in [2.45, 2.75) is 37.1 Å². The van der Waals surface area contributed by atoms with Gasteiger partial charge in [0.25, 0.3) is 10.0 Å². The molecule has 0 atom stereocenters. The van der Waals surface area contributed by atoms with Gasteiger partial charge in [0, 0.05) is 24.7 Å². The van der Waals surface area contributed by atoms with Crippen molar-refractivity contribution in [3.05, 3.63) is 60.6 Å². The molecular formula is C20H18F3N3O3S. The lowest BCUT2D eigenvalue weighted by Crippen LogP contribution is -2.17. The van der Waals surface area contributed by atoms with Crippen LogP contribution in [0.15, 0.2) is 59.6 Å². The molecule has 0 saturated carbocycles. The average molecular weight is 437 g/mol. The van der Waals surface area contributed by atoms with E-state index in [1.165, 1.54) is 0 Å². The Kier molecular flexibility index (Phi) is 5.19. The minimum Gasteiger partial charge on any atom is -0.406 e. The van der Waals surface area contributed by atoms with Gasteiger partial charge in [0.05, 0.1) is 16.3 Å². The van der Waals surface area contributed by atoms with Crippen LogP contribution in [0.3, 0.4) is 0 Å². The molecule has 6 nitrogen and oxygen atoms in total. The molecular weight excluding hydrogens is 419 g/mol. The second-order valence-electron chi connectivity index (χ2n) is 6.86. The summed E-state index contributed by atoms with van der Waals surface area (Å²) in [6, 6.07) is 10.9. The van der Waals surface area contributed by atoms with Gasteiger partial charge in [-0.2, -0.15) is 0 Å². The summed E-state index contributed by atoms with van der Waals surface area (Å²) in [5, 5.41) is 0. The highest BCUT2D eigenvalue weighted by atomic mass is 32.2. The number of aryl methyl sites for hydroxylation is 2. The maximum atomic E-state index is 12.8. The number of hydrogen-bond donors (Lipinski definition) is 1. The number of para-hydroxylation sites is 1. The molecule has 2 aromatic carbocycles. The number of nitrogens with one attached hydrogen (secondary N) is 1. The van der Waals surface area contributed by atoms with E-state index in [0.29, 0.717) is 16.9 Å². The summed E-state index contributed by atoms with van der Waals surface area (Å²) < 4.78 is 70.8. The van der Waals surface area contributed by atoms with Crippen molar-refractivity contribution in [1.82, 2.24) is 9.55 Å². The van der Waals surface area contributed by atoms with E-state index >= 15 is 0 Å². The molecule has 0 bridgehead atoms. The highest BCUT2D eigenvalue weighted by Crippen LogP contribution is 2.31. The number of ether oxygens (including phenoxy) is 1. The van der Waals surface area contributed by atoms with Gasteiger partial charge < -0.3 is 9.30 Å². The lowest BCUT2D eigenvalue weighted by molar-refractivity contribution is -0.274. The third kappa shape index (κ3) is 4.43. The highest BCUT2D eigenvalue weighted by molar-refractivity contribution is 7.92. The largest absolute Gasteiger partial charge is 0.573 e. The van der Waals surface area contributed by atoms with E-state index in [4.69, 9.17) is 0 Å². The molecule has 0 saturated heterocycles. The molecule has 158 valence electrons. The van der Waals surface area contributed by atoms with Crippen LogP contribution >= 0.6 is 0 Å². The van der Waals surface area contributed by atoms with Gasteiger partial charge in [0.15, 0.2) is 0 Å². The zero-order chi connectivity index (χ0) is 21.4. The van der Waals surface area contributed by atoms with Gasteiger partial charge in [0.2, 0.25) is 0 Å². The first-order valence-electron chi connectivity index (χ1n) is 9.25. The molecule has 1 aliphatic rings. The van der Waals surface area contributed by atoms with Crippen LogP contribution in [0.25, 0.3) is 11.3 Å². The Morgan fingerprint density at radius 1 is 1.03 bits per heavy atom. The number of hydrogen-bond acceptors (Lipinski definition) is 4. The lowest BCUT2D eigenvalue weighted by Gasteiger charge is -2.12. The van der Waals surface area contributed by atoms with Crippen LogP contribution in [0.4, 0.5) is 18.9 Å². The van der Waals surface area contributed by atoms with Gasteiger partial charge in [-0.1, -0.05) is 18.2 Å². The van der Waals surface area contributed by atoms with Crippen molar-refractivity contribution in [2.75, 3.05) is 4.72 Å². The van der Waals surface area contributed by atoms with Crippen LogP contribution in [0.1, 0.15) is 18.7 Å². The fourth-order valence-corrected chi connectivity index (χ4v) is 4.44. The summed E-state index contributed by atoms with van der Waals surface area (Å²) in [7, 11) is -4.03. The van der Waals surface area contributed by atoms with E-state index < -0.39 is 22.1 Å². The summed E-state index contributed by atoms with van der Waals surface area (Å²) in [6.07, 6.45) is 0.0797. The summed E-state index contributed by atoms with van der Waals surface area (Å²) in [5.41, 5.74) is 1.63. The van der Waals surface area contributed by atoms with Crippen LogP contribution < -0.4 is 9.46 Å². The summed E-state index contributed by atoms with van der Waals surface area (Å²) in [5.74, 6) is 0.472. The molecule has 0 fully saturated rings. The van der Waals surface area contributed by atoms with E-state index in [9.17, 15) is 21.6 Å². The van der Waals surface area contributed by atoms with E-state index in [1.54, 1.807) is 24.3 Å². The van der Waals surface area contributed by atoms with Gasteiger partial charge in [-0.25, -0.2) is 13.4 Å². The number of imidazole rings is 1. The maximum Gasteiger partial charge on any atom is 0.573 e. The van der Waals surface area contributed by atoms with E-state index in [0.717, 1.165) is 55.9 Å². The Morgan fingerprint density at radius 2 is 1.77 bits per heavy atom. The summed E-state index contributed by atoms with van der Waals surface area (Å²) in [4.78, 5) is 4.45. The second kappa shape index (κ2) is 7.67. The van der Waals surface area contributed by atoms with Gasteiger partial charge in [0.1, 0.15) is 11.6 Å². The molecule has 0 unspecified atom stereocenters. The third-order valence-corrected chi connectivity index (χ3v) is 6.10. The molecule has 10 heteroatoms. The molecule has 0 spiro atoms. The number of sulfonamides is 1. The van der Waals surface area contributed by atoms with Crippen LogP contribution in [-0.2, 0) is 23.0 Å². The van der Waals surface area contributed by atoms with Crippen LogP contribution in [0.2, 0.25) is 0 Å². The van der Waals surface area contributed by atoms with Crippen molar-refractivity contribution >= 4 is 15.7 Å². The Labute approximate surface area is 171 Å². The quantitative estimate of drug-likeness (QED) is 0.634. The van der Waals surface area contributed by atoms with E-state index in [-0.39, 0.29) is 4.90 Å². The molecule has 1 aromatic heterocycles. The van der Waals surface area contributed by atoms with Crippen LogP contribution in [0, 0.1) is 0 Å². The van der Waals surface area contributed by atoms with Crippen molar-refractivity contribution < 1.29 is 26.3 Å². The Bertz CT molecular complexity index is 1130. The van der Waals surface area contributed by atoms with E-state index in [2.05, 4.69) is 19.0 Å². The minimum atomic E-state index is -4.85. The third-order valence-electron chi connectivity index (χ3n) is 4.72. The first-order chi connectivity index (χ1) is 14.2. The maximum absolute atomic E-state index is 12.8. The molecule has 1 N–H and O–H groups in total. The number of nitrogens with zero attached hydrogens (tertiary/aromatic N) is 2. The SMILES string of the molecule is O=S(=O)(Nc1ccccc1-c1cn2c(n1)CCCC2)c1ccc(OC(F)(F)F)cc1. The van der Waals surface area contributed by atoms with Crippen molar-refractivity contribution in [3.8, 4) is 17.0 Å². The molecule has 4 rings (SSSR count). The monoisotopic (exact) mass is 437 g/mol. The molecule has 1 aliphatic heterocycles. The highest BCUT2D eigenvalue weighted by Gasteiger charge is 2.31. The summed E-state index contributed by atoms with van der Waals surface area (Å²) >= 11 is 0. The zero-order valence-corrected chi connectivity index (χ0v) is 16.5. The van der Waals surface area contributed by atoms with Crippen molar-refractivity contribution in [1.29, 1.82) is 0 Å². The number of benzene rings is 2. The van der Waals surface area contributed by atoms with Gasteiger partial charge in [-0.05, 0) is 43.2 Å². The lowest BCUT2D eigenvalue weighted by atomic mass is 10.1. The molecule has 2 heterocycles. The molecule has 0 radical (unpaired) electrons. The predicted molar refractivity (Wildman–Crippen MR) is 105 cm³/mol. The van der Waals surface area contributed by atoms with Crippen LogP contribution in [-0.4, -0.2) is 24.3 Å². The average Bonchev–Trinajstić information content (AvgIpc) is 3.11. The molecule has 0 amide bonds. The van der Waals surface area contributed by atoms with Crippen molar-refractivity contribution in [3.63, 3.8) is 0 Å². The second-order valence-corrected chi connectivity index (χ2v) is 8.55. The Morgan fingerprint density at radius 3 is 2.47 bits per heavy atom. The number of alkyl halides is 3. The fourth-order valence-electron chi connectivity index (χ4n) is 3.36. The number of aromatic nitrogens is 2. The smallest absolute Gasteiger partial charge is 0.406 e. The molecule has 3 aromatic rings. The Hall–Kier alpha value is -3.01. The molecule has 0 aliphatic carbocycles. The number of rotatable bonds is 5. The summed E-state index contributed by atoms with van der Waals surface area (Å²) in [6.45, 7) is 0.878. The molecule has 30 heavy (non-hydrogen) atoms.